The van der Waals surface area contributed by atoms with Crippen molar-refractivity contribution in [3.8, 4) is 5.75 Å². The lowest BCUT2D eigenvalue weighted by Gasteiger charge is -2.42. The van der Waals surface area contributed by atoms with Gasteiger partial charge in [-0.05, 0) is 12.1 Å². The summed E-state index contributed by atoms with van der Waals surface area (Å²) in [6, 6.07) is 8.39. The Morgan fingerprint density at radius 3 is 2.40 bits per heavy atom. The number of benzene rings is 1. The van der Waals surface area contributed by atoms with Gasteiger partial charge in [-0.3, -0.25) is 19.3 Å². The number of hydrogen-bond donors (Lipinski definition) is 1. The molecular weight excluding hydrogens is 354 g/mol. The SMILES string of the molecule is CC(=O)S[C@@H]1[C@@H](OC(=O)COc2ccccc2)C(=O)N1C(=O)C(=O)O. The van der Waals surface area contributed by atoms with Crippen molar-refractivity contribution in [2.24, 2.45) is 0 Å². The molecule has 10 heteroatoms. The molecule has 0 aromatic heterocycles. The van der Waals surface area contributed by atoms with Crippen LogP contribution in [0.3, 0.4) is 0 Å². The van der Waals surface area contributed by atoms with E-state index in [9.17, 15) is 24.0 Å². The lowest BCUT2D eigenvalue weighted by atomic mass is 10.1. The summed E-state index contributed by atoms with van der Waals surface area (Å²) in [7, 11) is 0. The first-order valence-electron chi connectivity index (χ1n) is 6.96. The van der Waals surface area contributed by atoms with Crippen molar-refractivity contribution in [2.45, 2.75) is 18.4 Å². The fraction of sp³-hybridized carbons (Fsp3) is 0.267. The molecule has 1 aliphatic heterocycles. The first-order valence-corrected chi connectivity index (χ1v) is 7.84. The van der Waals surface area contributed by atoms with Crippen molar-refractivity contribution < 1.29 is 38.6 Å². The highest BCUT2D eigenvalue weighted by Gasteiger charge is 2.56. The summed E-state index contributed by atoms with van der Waals surface area (Å²) in [6.07, 6.45) is -1.43. The van der Waals surface area contributed by atoms with E-state index in [0.717, 1.165) is 0 Å². The summed E-state index contributed by atoms with van der Waals surface area (Å²) in [6.45, 7) is 0.687. The number of carbonyl (C=O) groups excluding carboxylic acids is 4. The predicted molar refractivity (Wildman–Crippen MR) is 83.4 cm³/mol. The number of carboxylic acids is 1. The average molecular weight is 367 g/mol. The Morgan fingerprint density at radius 2 is 1.84 bits per heavy atom. The van der Waals surface area contributed by atoms with Gasteiger partial charge in [0.1, 0.15) is 11.1 Å². The Bertz CT molecular complexity index is 720. The zero-order chi connectivity index (χ0) is 18.6. The number of aliphatic carboxylic acids is 1. The zero-order valence-corrected chi connectivity index (χ0v) is 13.7. The maximum absolute atomic E-state index is 11.9. The number of ether oxygens (including phenoxy) is 2. The topological polar surface area (TPSA) is 127 Å². The molecule has 0 unspecified atom stereocenters. The summed E-state index contributed by atoms with van der Waals surface area (Å²) in [5.74, 6) is -4.81. The highest BCUT2D eigenvalue weighted by atomic mass is 32.2. The van der Waals surface area contributed by atoms with Gasteiger partial charge in [-0.1, -0.05) is 30.0 Å². The molecule has 2 amide bonds. The van der Waals surface area contributed by atoms with Crippen molar-refractivity contribution in [3.63, 3.8) is 0 Å². The third-order valence-corrected chi connectivity index (χ3v) is 4.07. The summed E-state index contributed by atoms with van der Waals surface area (Å²) >= 11 is 0.527. The second-order valence-corrected chi connectivity index (χ2v) is 6.12. The number of imide groups is 1. The van der Waals surface area contributed by atoms with Gasteiger partial charge in [0.15, 0.2) is 11.7 Å². The molecule has 1 fully saturated rings. The van der Waals surface area contributed by atoms with E-state index in [1.807, 2.05) is 0 Å². The van der Waals surface area contributed by atoms with Crippen molar-refractivity contribution >= 4 is 40.6 Å². The van der Waals surface area contributed by atoms with Crippen LogP contribution in [0, 0.1) is 0 Å². The van der Waals surface area contributed by atoms with E-state index in [1.54, 1.807) is 30.3 Å². The fourth-order valence-corrected chi connectivity index (χ4v) is 2.92. The zero-order valence-electron chi connectivity index (χ0n) is 12.9. The molecular formula is C15H13NO8S. The molecule has 2 atom stereocenters. The number of carboxylic acid groups (broad SMARTS) is 1. The summed E-state index contributed by atoms with van der Waals surface area (Å²) in [5.41, 5.74) is 0. The van der Waals surface area contributed by atoms with Gasteiger partial charge >= 0.3 is 17.8 Å². The lowest BCUT2D eigenvalue weighted by molar-refractivity contribution is -0.184. The van der Waals surface area contributed by atoms with E-state index in [-0.39, 0.29) is 0 Å². The maximum Gasteiger partial charge on any atom is 0.395 e. The standard InChI is InChI=1S/C15H13NO8S/c1-8(17)25-14-11(12(19)16(14)13(20)15(21)22)24-10(18)7-23-9-5-3-2-4-6-9/h2-6,11,14H,7H2,1H3,(H,21,22)/t11-,14+/m0/s1. The molecule has 1 aliphatic rings. The smallest absolute Gasteiger partial charge is 0.395 e. The Hall–Kier alpha value is -2.88. The molecule has 0 bridgehead atoms. The molecule has 0 radical (unpaired) electrons. The number of nitrogens with zero attached hydrogens (tertiary/aromatic N) is 1. The van der Waals surface area contributed by atoms with Crippen LogP contribution in [0.5, 0.6) is 5.75 Å². The Morgan fingerprint density at radius 1 is 1.20 bits per heavy atom. The van der Waals surface area contributed by atoms with Crippen LogP contribution in [0.15, 0.2) is 30.3 Å². The van der Waals surface area contributed by atoms with E-state index in [4.69, 9.17) is 14.6 Å². The second-order valence-electron chi connectivity index (χ2n) is 4.83. The number of esters is 1. The first kappa shape index (κ1) is 18.5. The number of amides is 2. The van der Waals surface area contributed by atoms with Crippen LogP contribution >= 0.6 is 11.8 Å². The van der Waals surface area contributed by atoms with Gasteiger partial charge in [0.05, 0.1) is 0 Å². The number of para-hydroxylation sites is 1. The van der Waals surface area contributed by atoms with E-state index in [0.29, 0.717) is 22.4 Å². The summed E-state index contributed by atoms with van der Waals surface area (Å²) in [4.78, 5) is 57.5. The molecule has 1 heterocycles. The highest BCUT2D eigenvalue weighted by molar-refractivity contribution is 8.14. The van der Waals surface area contributed by atoms with Gasteiger partial charge in [0.25, 0.3) is 5.91 Å². The minimum absolute atomic E-state index is 0.379. The minimum Gasteiger partial charge on any atom is -0.482 e. The summed E-state index contributed by atoms with van der Waals surface area (Å²) in [5, 5.41) is 7.02. The van der Waals surface area contributed by atoms with E-state index >= 15 is 0 Å². The van der Waals surface area contributed by atoms with Crippen molar-refractivity contribution in [2.75, 3.05) is 6.61 Å². The Labute approximate surface area is 145 Å². The lowest BCUT2D eigenvalue weighted by Crippen LogP contribution is -2.68. The fourth-order valence-electron chi connectivity index (χ4n) is 1.98. The number of carbonyl (C=O) groups is 5. The quantitative estimate of drug-likeness (QED) is 0.436. The van der Waals surface area contributed by atoms with Crippen LogP contribution in [0.25, 0.3) is 0 Å². The van der Waals surface area contributed by atoms with Crippen molar-refractivity contribution in [1.82, 2.24) is 4.90 Å². The third kappa shape index (κ3) is 4.35. The highest BCUT2D eigenvalue weighted by Crippen LogP contribution is 2.33. The van der Waals surface area contributed by atoms with Gasteiger partial charge in [0.2, 0.25) is 6.10 Å². The number of thioether (sulfide) groups is 1. The Kier molecular flexibility index (Phi) is 5.75. The largest absolute Gasteiger partial charge is 0.482 e. The molecule has 1 N–H and O–H groups in total. The van der Waals surface area contributed by atoms with Gasteiger partial charge in [-0.25, -0.2) is 9.59 Å². The van der Waals surface area contributed by atoms with Crippen LogP contribution in [0.4, 0.5) is 0 Å². The van der Waals surface area contributed by atoms with E-state index in [2.05, 4.69) is 0 Å². The van der Waals surface area contributed by atoms with Gasteiger partial charge in [0, 0.05) is 6.92 Å². The second kappa shape index (κ2) is 7.79. The van der Waals surface area contributed by atoms with E-state index in [1.165, 1.54) is 6.92 Å². The summed E-state index contributed by atoms with van der Waals surface area (Å²) < 4.78 is 10.1. The molecule has 25 heavy (non-hydrogen) atoms. The van der Waals surface area contributed by atoms with Crippen LogP contribution in [-0.4, -0.2) is 57.0 Å². The Balaban J connectivity index is 1.98. The predicted octanol–water partition coefficient (Wildman–Crippen LogP) is 0.0364. The molecule has 0 spiro atoms. The maximum atomic E-state index is 11.9. The first-order chi connectivity index (χ1) is 11.8. The number of rotatable bonds is 5. The van der Waals surface area contributed by atoms with Crippen LogP contribution in [0.2, 0.25) is 0 Å². The van der Waals surface area contributed by atoms with Gasteiger partial charge in [-0.15, -0.1) is 0 Å². The number of hydrogen-bond acceptors (Lipinski definition) is 8. The number of likely N-dealkylation sites (tertiary alicyclic amines) is 1. The van der Waals surface area contributed by atoms with Crippen LogP contribution in [-0.2, 0) is 28.7 Å². The molecule has 1 aromatic carbocycles. The normalized spacial score (nSPS) is 18.9. The van der Waals surface area contributed by atoms with Crippen molar-refractivity contribution in [1.29, 1.82) is 0 Å². The van der Waals surface area contributed by atoms with E-state index < -0.39 is 47.0 Å². The molecule has 1 aromatic rings. The van der Waals surface area contributed by atoms with Crippen LogP contribution < -0.4 is 4.74 Å². The van der Waals surface area contributed by atoms with Gasteiger partial charge < -0.3 is 14.6 Å². The monoisotopic (exact) mass is 367 g/mol. The molecule has 2 rings (SSSR count). The van der Waals surface area contributed by atoms with Crippen molar-refractivity contribution in [3.05, 3.63) is 30.3 Å². The average Bonchev–Trinajstić information content (AvgIpc) is 2.57. The molecule has 9 nitrogen and oxygen atoms in total. The molecule has 1 saturated heterocycles. The molecule has 132 valence electrons. The van der Waals surface area contributed by atoms with Crippen LogP contribution in [0.1, 0.15) is 6.92 Å². The molecule has 0 saturated carbocycles. The minimum atomic E-state index is -1.85. The third-order valence-electron chi connectivity index (χ3n) is 3.04. The number of β-lactam (4-membered cyclic amide) rings is 1. The molecule has 0 aliphatic carbocycles. The van der Waals surface area contributed by atoms with Gasteiger partial charge in [-0.2, -0.15) is 0 Å².